The molecule has 3 aromatic heterocycles. The number of methoxy groups -OCH3 is 1. The predicted octanol–water partition coefficient (Wildman–Crippen LogP) is 5.88. The summed E-state index contributed by atoms with van der Waals surface area (Å²) < 4.78 is 34.6. The fourth-order valence-corrected chi connectivity index (χ4v) is 7.55. The third-order valence-electron chi connectivity index (χ3n) is 8.84. The van der Waals surface area contributed by atoms with Crippen LogP contribution in [0.5, 0.6) is 5.88 Å². The highest BCUT2D eigenvalue weighted by molar-refractivity contribution is 6.76. The highest BCUT2D eigenvalue weighted by Crippen LogP contribution is 2.43. The topological polar surface area (TPSA) is 150 Å². The summed E-state index contributed by atoms with van der Waals surface area (Å²) >= 11 is 6.95. The zero-order valence-corrected chi connectivity index (χ0v) is 30.7. The Kier molecular flexibility index (Phi) is 9.74. The lowest BCUT2D eigenvalue weighted by Gasteiger charge is -2.42. The lowest BCUT2D eigenvalue weighted by molar-refractivity contribution is 0.0447. The minimum Gasteiger partial charge on any atom is -0.480 e. The molecule has 13 nitrogen and oxygen atoms in total. The Morgan fingerprint density at radius 2 is 1.94 bits per heavy atom. The number of nitrogens with one attached hydrogen (secondary N) is 1. The molecular weight excluding hydrogens is 671 g/mol. The molecule has 264 valence electrons. The van der Waals surface area contributed by atoms with Crippen molar-refractivity contribution in [2.45, 2.75) is 109 Å². The van der Waals surface area contributed by atoms with Gasteiger partial charge in [0.1, 0.15) is 40.9 Å². The van der Waals surface area contributed by atoms with Gasteiger partial charge < -0.3 is 29.5 Å². The molecule has 0 radical (unpaired) electrons. The number of hydrogen-bond acceptors (Lipinski definition) is 11. The van der Waals surface area contributed by atoms with Gasteiger partial charge in [-0.15, -0.1) is 0 Å². The number of amides is 1. The molecule has 0 spiro atoms. The van der Waals surface area contributed by atoms with Crippen LogP contribution in [0.1, 0.15) is 45.7 Å². The van der Waals surface area contributed by atoms with Crippen LogP contribution in [0.25, 0.3) is 33.5 Å². The molecule has 0 aliphatic carbocycles. The van der Waals surface area contributed by atoms with Crippen molar-refractivity contribution in [1.29, 1.82) is 0 Å². The lowest BCUT2D eigenvalue weighted by atomic mass is 9.95. The van der Waals surface area contributed by atoms with E-state index < -0.39 is 44.6 Å². The second-order valence-corrected chi connectivity index (χ2v) is 20.9. The van der Waals surface area contributed by atoms with E-state index in [1.54, 1.807) is 37.6 Å². The monoisotopic (exact) mass is 714 g/mol. The first-order chi connectivity index (χ1) is 23.2. The van der Waals surface area contributed by atoms with Gasteiger partial charge in [-0.1, -0.05) is 31.2 Å². The quantitative estimate of drug-likeness (QED) is 0.150. The van der Waals surface area contributed by atoms with E-state index in [0.717, 1.165) is 6.04 Å². The van der Waals surface area contributed by atoms with E-state index in [2.05, 4.69) is 34.9 Å². The van der Waals surface area contributed by atoms with Gasteiger partial charge in [-0.25, -0.2) is 33.8 Å². The summed E-state index contributed by atoms with van der Waals surface area (Å²) in [7, 11) is 0.154. The highest BCUT2D eigenvalue weighted by atomic mass is 35.5. The molecule has 2 fully saturated rings. The van der Waals surface area contributed by atoms with E-state index >= 15 is 4.39 Å². The van der Waals surface area contributed by atoms with E-state index in [0.29, 0.717) is 76.0 Å². The minimum atomic E-state index is -1.39. The van der Waals surface area contributed by atoms with Gasteiger partial charge in [-0.3, -0.25) is 0 Å². The lowest BCUT2D eigenvalue weighted by Crippen LogP contribution is -2.59. The first-order valence-corrected chi connectivity index (χ1v) is 20.6. The summed E-state index contributed by atoms with van der Waals surface area (Å²) in [4.78, 5) is 33.3. The summed E-state index contributed by atoms with van der Waals surface area (Å²) in [6.07, 6.45) is 1.09. The van der Waals surface area contributed by atoms with Crippen LogP contribution >= 0.6 is 11.6 Å². The molecule has 16 heteroatoms. The maximum atomic E-state index is 16.2. The summed E-state index contributed by atoms with van der Waals surface area (Å²) in [6, 6.07) is 3.13. The maximum Gasteiger partial charge on any atom is 0.407 e. The average Bonchev–Trinajstić information content (AvgIpc) is 3.56. The number of anilines is 1. The Balaban J connectivity index is 1.40. The van der Waals surface area contributed by atoms with Crippen LogP contribution in [0.15, 0.2) is 18.3 Å². The molecule has 4 aromatic rings. The molecular formula is C33H44ClFN8O5Si. The number of alkyl carbamates (subject to hydrolysis) is 1. The van der Waals surface area contributed by atoms with Gasteiger partial charge >= 0.3 is 6.09 Å². The van der Waals surface area contributed by atoms with Gasteiger partial charge in [0.2, 0.25) is 5.88 Å². The van der Waals surface area contributed by atoms with Crippen molar-refractivity contribution in [3.63, 3.8) is 0 Å². The third kappa shape index (κ3) is 7.30. The van der Waals surface area contributed by atoms with Crippen molar-refractivity contribution in [3.05, 3.63) is 29.0 Å². The normalized spacial score (nSPS) is 21.1. The van der Waals surface area contributed by atoms with Crippen LogP contribution in [-0.2, 0) is 22.8 Å². The molecule has 4 atom stereocenters. The highest BCUT2D eigenvalue weighted by Gasteiger charge is 2.50. The van der Waals surface area contributed by atoms with E-state index in [1.807, 2.05) is 4.90 Å². The summed E-state index contributed by atoms with van der Waals surface area (Å²) in [6.45, 7) is 12.4. The second-order valence-electron chi connectivity index (χ2n) is 14.9. The predicted molar refractivity (Wildman–Crippen MR) is 187 cm³/mol. The Hall–Kier alpha value is -3.66. The zero-order valence-electron chi connectivity index (χ0n) is 29.0. The van der Waals surface area contributed by atoms with Crippen molar-refractivity contribution < 1.29 is 28.5 Å². The van der Waals surface area contributed by atoms with Crippen LogP contribution in [0.4, 0.5) is 15.0 Å². The number of carbonyl (C=O) groups is 1. The van der Waals surface area contributed by atoms with Crippen molar-refractivity contribution in [3.8, 4) is 17.1 Å². The smallest absolute Gasteiger partial charge is 0.407 e. The molecule has 2 aliphatic heterocycles. The number of hydrogen-bond donors (Lipinski definition) is 2. The number of carbonyl (C=O) groups excluding carboxylic acids is 1. The largest absolute Gasteiger partial charge is 0.480 e. The summed E-state index contributed by atoms with van der Waals surface area (Å²) in [5.41, 5.74) is 2.40. The van der Waals surface area contributed by atoms with E-state index in [1.165, 1.54) is 13.3 Å². The van der Waals surface area contributed by atoms with Gasteiger partial charge in [-0.2, -0.15) is 5.10 Å². The number of alkyl halides is 1. The van der Waals surface area contributed by atoms with Crippen molar-refractivity contribution in [2.75, 3.05) is 18.6 Å². The van der Waals surface area contributed by atoms with Gasteiger partial charge in [0, 0.05) is 26.3 Å². The molecule has 2 saturated heterocycles. The number of rotatable bonds is 10. The number of halogens is 2. The molecule has 0 saturated carbocycles. The number of piperidine rings is 1. The number of benzene rings is 1. The first-order valence-electron chi connectivity index (χ1n) is 16.5. The standard InChI is InChI=1S/C33H44ClFN8O5Si/c1-33(2,3)48-32(45)38-21-14-18-8-11-23(26(21)35)43(18)30-22(16-44)37-29-27(41-42(31(29)40-30)17-47-12-13-49(5,6)7)19-9-10-20-28(25(19)34)39-24(46-4)15-36-20/h9-10,15,18,21,23,26,44H,8,11-14,16-17H2,1-7H3,(H,38,45)/t18-,21-,23+,26-/m0/s1. The third-order valence-corrected chi connectivity index (χ3v) is 10.9. The van der Waals surface area contributed by atoms with Crippen LogP contribution in [0.2, 0.25) is 30.7 Å². The summed E-state index contributed by atoms with van der Waals surface area (Å²) in [5.74, 6) is 0.700. The Bertz CT molecular complexity index is 1870. The molecule has 2 aliphatic rings. The van der Waals surface area contributed by atoms with Gasteiger partial charge in [0.05, 0.1) is 42.5 Å². The van der Waals surface area contributed by atoms with Crippen LogP contribution in [0, 0.1) is 0 Å². The molecule has 1 amide bonds. The molecule has 2 N–H and O–H groups in total. The van der Waals surface area contributed by atoms with Crippen molar-refractivity contribution >= 4 is 53.8 Å². The van der Waals surface area contributed by atoms with Crippen molar-refractivity contribution in [2.24, 2.45) is 0 Å². The van der Waals surface area contributed by atoms with Gasteiger partial charge in [0.15, 0.2) is 11.5 Å². The van der Waals surface area contributed by atoms with Crippen LogP contribution in [0.3, 0.4) is 0 Å². The number of nitrogens with zero attached hydrogens (tertiary/aromatic N) is 7. The van der Waals surface area contributed by atoms with Gasteiger partial charge in [-0.05, 0) is 58.2 Å². The number of aliphatic hydroxyl groups is 1. The number of ether oxygens (including phenoxy) is 3. The summed E-state index contributed by atoms with van der Waals surface area (Å²) in [5, 5.41) is 18.6. The Morgan fingerprint density at radius 1 is 1.16 bits per heavy atom. The Morgan fingerprint density at radius 3 is 2.63 bits per heavy atom. The fraction of sp³-hybridized carbons (Fsp3) is 0.576. The van der Waals surface area contributed by atoms with E-state index in [9.17, 15) is 9.90 Å². The zero-order chi connectivity index (χ0) is 35.2. The number of fused-ring (bicyclic) bond motifs is 4. The molecule has 49 heavy (non-hydrogen) atoms. The van der Waals surface area contributed by atoms with Crippen molar-refractivity contribution in [1.82, 2.24) is 35.0 Å². The average molecular weight is 715 g/mol. The fourth-order valence-electron chi connectivity index (χ4n) is 6.51. The Labute approximate surface area is 290 Å². The number of aliphatic hydroxyl groups excluding tert-OH is 1. The molecule has 0 unspecified atom stereocenters. The van der Waals surface area contributed by atoms with E-state index in [4.69, 9.17) is 40.9 Å². The SMILES string of the molecule is COc1cnc2ccc(-c3nn(COCC[Si](C)(C)C)c4nc(N5[C@H]6CC[C@@H]5[C@@H](F)[C@@H](NC(=O)OC(C)(C)C)C6)c(CO)nc34)c(Cl)c2n1. The molecule has 5 heterocycles. The van der Waals surface area contributed by atoms with Crippen LogP contribution < -0.4 is 15.0 Å². The molecule has 2 bridgehead atoms. The second kappa shape index (κ2) is 13.6. The maximum absolute atomic E-state index is 16.2. The molecule has 1 aromatic carbocycles. The van der Waals surface area contributed by atoms with Crippen LogP contribution in [-0.4, -0.2) is 92.6 Å². The molecule has 6 rings (SSSR count). The minimum absolute atomic E-state index is 0.104. The van der Waals surface area contributed by atoms with Gasteiger partial charge in [0.25, 0.3) is 0 Å². The number of aromatic nitrogens is 6. The first kappa shape index (κ1) is 35.2. The van der Waals surface area contributed by atoms with E-state index in [-0.39, 0.29) is 18.5 Å².